The summed E-state index contributed by atoms with van der Waals surface area (Å²) in [5.74, 6) is -0.605. The molecule has 1 fully saturated rings. The molecule has 4 nitrogen and oxygen atoms in total. The van der Waals surface area contributed by atoms with Crippen LogP contribution in [-0.2, 0) is 14.2 Å². The van der Waals surface area contributed by atoms with Crippen molar-refractivity contribution >= 4 is 0 Å². The van der Waals surface area contributed by atoms with Gasteiger partial charge in [0, 0.05) is 6.61 Å². The molecule has 0 spiro atoms. The number of aliphatic hydroxyl groups excluding tert-OH is 1. The first kappa shape index (κ1) is 12.9. The largest absolute Gasteiger partial charge is 0.394 e. The number of hydrogen-bond acceptors (Lipinski definition) is 4. The van der Waals surface area contributed by atoms with Crippen LogP contribution in [-0.4, -0.2) is 42.9 Å². The number of rotatable bonds is 6. The number of aliphatic hydroxyl groups is 1. The molecule has 1 N–H and O–H groups in total. The molecule has 1 aliphatic heterocycles. The van der Waals surface area contributed by atoms with Gasteiger partial charge in [0.15, 0.2) is 5.79 Å². The Bertz CT molecular complexity index is 181. The van der Waals surface area contributed by atoms with Crippen LogP contribution < -0.4 is 0 Å². The smallest absolute Gasteiger partial charge is 0.163 e. The fraction of sp³-hybridized carbons (Fsp3) is 1.00. The maximum atomic E-state index is 9.11. The van der Waals surface area contributed by atoms with Crippen LogP contribution in [0.5, 0.6) is 0 Å². The molecule has 2 atom stereocenters. The zero-order valence-corrected chi connectivity index (χ0v) is 9.86. The molecule has 0 aromatic heterocycles. The molecule has 4 heteroatoms. The fourth-order valence-corrected chi connectivity index (χ4v) is 1.65. The highest BCUT2D eigenvalue weighted by molar-refractivity contribution is 4.80. The van der Waals surface area contributed by atoms with Crippen LogP contribution in [0.4, 0.5) is 0 Å². The van der Waals surface area contributed by atoms with Crippen molar-refractivity contribution in [3.8, 4) is 0 Å². The maximum Gasteiger partial charge on any atom is 0.163 e. The molecule has 0 aromatic rings. The summed E-state index contributed by atoms with van der Waals surface area (Å²) in [5, 5.41) is 9.11. The van der Waals surface area contributed by atoms with E-state index in [2.05, 4.69) is 6.92 Å². The maximum absolute atomic E-state index is 9.11. The highest BCUT2D eigenvalue weighted by atomic mass is 16.8. The normalized spacial score (nSPS) is 29.6. The topological polar surface area (TPSA) is 47.9 Å². The molecular weight excluding hydrogens is 196 g/mol. The Kier molecular flexibility index (Phi) is 4.99. The van der Waals surface area contributed by atoms with E-state index < -0.39 is 5.79 Å². The van der Waals surface area contributed by atoms with E-state index in [1.54, 1.807) is 0 Å². The van der Waals surface area contributed by atoms with Crippen LogP contribution in [0, 0.1) is 0 Å². The quantitative estimate of drug-likeness (QED) is 0.683. The van der Waals surface area contributed by atoms with Gasteiger partial charge in [-0.25, -0.2) is 0 Å². The Morgan fingerprint density at radius 2 is 1.93 bits per heavy atom. The molecule has 1 aliphatic rings. The summed E-state index contributed by atoms with van der Waals surface area (Å²) < 4.78 is 16.6. The summed E-state index contributed by atoms with van der Waals surface area (Å²) in [7, 11) is 0. The highest BCUT2D eigenvalue weighted by Gasteiger charge is 2.40. The summed E-state index contributed by atoms with van der Waals surface area (Å²) in [6.45, 7) is 7.04. The van der Waals surface area contributed by atoms with E-state index in [-0.39, 0.29) is 18.8 Å². The fourth-order valence-electron chi connectivity index (χ4n) is 1.65. The van der Waals surface area contributed by atoms with Crippen molar-refractivity contribution in [2.24, 2.45) is 0 Å². The molecule has 1 saturated heterocycles. The van der Waals surface area contributed by atoms with Gasteiger partial charge in [-0.1, -0.05) is 13.3 Å². The Morgan fingerprint density at radius 3 is 2.53 bits per heavy atom. The molecule has 0 aliphatic carbocycles. The van der Waals surface area contributed by atoms with Crippen LogP contribution in [0.2, 0.25) is 0 Å². The van der Waals surface area contributed by atoms with Crippen LogP contribution in [0.25, 0.3) is 0 Å². The van der Waals surface area contributed by atoms with Gasteiger partial charge in [0.25, 0.3) is 0 Å². The first-order valence-corrected chi connectivity index (χ1v) is 5.63. The molecule has 0 saturated carbocycles. The van der Waals surface area contributed by atoms with Crippen molar-refractivity contribution < 1.29 is 19.3 Å². The predicted octanol–water partition coefficient (Wildman–Crippen LogP) is 1.32. The van der Waals surface area contributed by atoms with E-state index in [1.807, 2.05) is 13.8 Å². The van der Waals surface area contributed by atoms with Gasteiger partial charge in [-0.15, -0.1) is 0 Å². The van der Waals surface area contributed by atoms with Gasteiger partial charge >= 0.3 is 0 Å². The van der Waals surface area contributed by atoms with E-state index >= 15 is 0 Å². The molecule has 15 heavy (non-hydrogen) atoms. The lowest BCUT2D eigenvalue weighted by molar-refractivity contribution is -0.153. The standard InChI is InChI=1S/C11H22O4/c1-4-5-6-13-8-10-9(7-12)14-11(2,3)15-10/h9-10,12H,4-8H2,1-3H3. The molecule has 1 rings (SSSR count). The van der Waals surface area contributed by atoms with Gasteiger partial charge in [-0.2, -0.15) is 0 Å². The first-order chi connectivity index (χ1) is 7.09. The van der Waals surface area contributed by atoms with Crippen LogP contribution in [0.1, 0.15) is 33.6 Å². The monoisotopic (exact) mass is 218 g/mol. The third-order valence-corrected chi connectivity index (χ3v) is 2.39. The summed E-state index contributed by atoms with van der Waals surface area (Å²) in [4.78, 5) is 0. The van der Waals surface area contributed by atoms with Crippen molar-refractivity contribution in [3.63, 3.8) is 0 Å². The number of unbranched alkanes of at least 4 members (excludes halogenated alkanes) is 1. The Morgan fingerprint density at radius 1 is 1.27 bits per heavy atom. The number of ether oxygens (including phenoxy) is 3. The van der Waals surface area contributed by atoms with Gasteiger partial charge in [-0.3, -0.25) is 0 Å². The first-order valence-electron chi connectivity index (χ1n) is 5.63. The summed E-state index contributed by atoms with van der Waals surface area (Å²) in [6, 6.07) is 0. The third kappa shape index (κ3) is 4.07. The average molecular weight is 218 g/mol. The summed E-state index contributed by atoms with van der Waals surface area (Å²) in [5.41, 5.74) is 0. The third-order valence-electron chi connectivity index (χ3n) is 2.39. The van der Waals surface area contributed by atoms with Gasteiger partial charge in [0.05, 0.1) is 13.2 Å². The Hall–Kier alpha value is -0.160. The SMILES string of the molecule is CCCCOCC1OC(C)(C)OC1CO. The van der Waals surface area contributed by atoms with Crippen molar-refractivity contribution in [2.75, 3.05) is 19.8 Å². The summed E-state index contributed by atoms with van der Waals surface area (Å²) in [6.07, 6.45) is 1.76. The van der Waals surface area contributed by atoms with Gasteiger partial charge in [0.1, 0.15) is 12.2 Å². The second-order valence-electron chi connectivity index (χ2n) is 4.32. The molecule has 0 radical (unpaired) electrons. The van der Waals surface area contributed by atoms with E-state index in [0.29, 0.717) is 6.61 Å². The minimum absolute atomic E-state index is 0.0226. The lowest BCUT2D eigenvalue weighted by Gasteiger charge is -2.16. The van der Waals surface area contributed by atoms with Crippen LogP contribution in [0.15, 0.2) is 0 Å². The minimum atomic E-state index is -0.605. The Labute approximate surface area is 91.5 Å². The molecule has 2 unspecified atom stereocenters. The van der Waals surface area contributed by atoms with Crippen molar-refractivity contribution in [3.05, 3.63) is 0 Å². The Balaban J connectivity index is 2.27. The molecule has 90 valence electrons. The average Bonchev–Trinajstić information content (AvgIpc) is 2.48. The van der Waals surface area contributed by atoms with Crippen LogP contribution in [0.3, 0.4) is 0 Å². The molecule has 0 bridgehead atoms. The zero-order valence-electron chi connectivity index (χ0n) is 9.86. The minimum Gasteiger partial charge on any atom is -0.394 e. The lowest BCUT2D eigenvalue weighted by atomic mass is 10.2. The predicted molar refractivity (Wildman–Crippen MR) is 56.6 cm³/mol. The van der Waals surface area contributed by atoms with E-state index in [1.165, 1.54) is 0 Å². The van der Waals surface area contributed by atoms with E-state index in [0.717, 1.165) is 19.4 Å². The highest BCUT2D eigenvalue weighted by Crippen LogP contribution is 2.27. The molecule has 0 amide bonds. The van der Waals surface area contributed by atoms with Gasteiger partial charge in [0.2, 0.25) is 0 Å². The molecular formula is C11H22O4. The van der Waals surface area contributed by atoms with Crippen molar-refractivity contribution in [1.29, 1.82) is 0 Å². The van der Waals surface area contributed by atoms with E-state index in [9.17, 15) is 0 Å². The second kappa shape index (κ2) is 5.80. The second-order valence-corrected chi connectivity index (χ2v) is 4.32. The van der Waals surface area contributed by atoms with Crippen molar-refractivity contribution in [2.45, 2.75) is 51.6 Å². The van der Waals surface area contributed by atoms with E-state index in [4.69, 9.17) is 19.3 Å². The molecule has 1 heterocycles. The van der Waals surface area contributed by atoms with Crippen molar-refractivity contribution in [1.82, 2.24) is 0 Å². The van der Waals surface area contributed by atoms with Gasteiger partial charge < -0.3 is 19.3 Å². The van der Waals surface area contributed by atoms with Gasteiger partial charge in [-0.05, 0) is 20.3 Å². The summed E-state index contributed by atoms with van der Waals surface area (Å²) >= 11 is 0. The van der Waals surface area contributed by atoms with Crippen LogP contribution >= 0.6 is 0 Å². The zero-order chi connectivity index (χ0) is 11.3. The lowest BCUT2D eigenvalue weighted by Crippen LogP contribution is -2.30. The molecule has 0 aromatic carbocycles. The number of hydrogen-bond donors (Lipinski definition) is 1.